The van der Waals surface area contributed by atoms with Gasteiger partial charge in [-0.2, -0.15) is 0 Å². The Hall–Kier alpha value is -0.0800. The largest absolute Gasteiger partial charge is 0.378 e. The van der Waals surface area contributed by atoms with Crippen molar-refractivity contribution < 1.29 is 4.74 Å². The molecule has 1 aliphatic heterocycles. The van der Waals surface area contributed by atoms with Crippen molar-refractivity contribution in [3.63, 3.8) is 0 Å². The third kappa shape index (κ3) is 8.62. The van der Waals surface area contributed by atoms with E-state index in [-0.39, 0.29) is 0 Å². The summed E-state index contributed by atoms with van der Waals surface area (Å²) in [5.74, 6) is 0.794. The Morgan fingerprint density at radius 3 is 2.24 bits per heavy atom. The number of rotatable bonds is 6. The van der Waals surface area contributed by atoms with Gasteiger partial charge in [0.15, 0.2) is 0 Å². The van der Waals surface area contributed by atoms with E-state index in [2.05, 4.69) is 25.7 Å². The molecule has 104 valence electrons. The van der Waals surface area contributed by atoms with Crippen LogP contribution in [0.15, 0.2) is 0 Å². The fourth-order valence-electron chi connectivity index (χ4n) is 2.17. The highest BCUT2D eigenvalue weighted by Gasteiger charge is 2.19. The van der Waals surface area contributed by atoms with E-state index in [1.165, 1.54) is 45.3 Å². The van der Waals surface area contributed by atoms with Gasteiger partial charge < -0.3 is 9.64 Å². The minimum atomic E-state index is 0.542. The molecule has 1 heterocycles. The van der Waals surface area contributed by atoms with Crippen LogP contribution >= 0.6 is 0 Å². The Balaban J connectivity index is 0.00000121. The van der Waals surface area contributed by atoms with Crippen LogP contribution in [0.2, 0.25) is 0 Å². The van der Waals surface area contributed by atoms with E-state index in [0.717, 1.165) is 12.5 Å². The molecule has 0 spiro atoms. The molecule has 0 N–H and O–H groups in total. The summed E-state index contributed by atoms with van der Waals surface area (Å²) < 4.78 is 5.85. The second-order valence-electron chi connectivity index (χ2n) is 5.12. The third-order valence-corrected chi connectivity index (χ3v) is 3.01. The lowest BCUT2D eigenvalue weighted by Crippen LogP contribution is -2.39. The van der Waals surface area contributed by atoms with Crippen LogP contribution in [0.4, 0.5) is 0 Å². The van der Waals surface area contributed by atoms with Gasteiger partial charge in [-0.25, -0.2) is 0 Å². The summed E-state index contributed by atoms with van der Waals surface area (Å²) in [6, 6.07) is 0. The average Bonchev–Trinajstić information content (AvgIpc) is 2.34. The maximum absolute atomic E-state index is 5.85. The van der Waals surface area contributed by atoms with E-state index in [1.54, 1.807) is 0 Å². The normalized spacial score (nSPS) is 18.0. The zero-order chi connectivity index (χ0) is 13.1. The van der Waals surface area contributed by atoms with Crippen LogP contribution in [0, 0.1) is 5.92 Å². The van der Waals surface area contributed by atoms with Crippen molar-refractivity contribution in [2.75, 3.05) is 26.2 Å². The summed E-state index contributed by atoms with van der Waals surface area (Å²) in [6.07, 6.45) is 5.46. The van der Waals surface area contributed by atoms with Crippen molar-refractivity contribution in [3.05, 3.63) is 0 Å². The van der Waals surface area contributed by atoms with Gasteiger partial charge in [0, 0.05) is 26.2 Å². The van der Waals surface area contributed by atoms with Gasteiger partial charge in [0.2, 0.25) is 0 Å². The second kappa shape index (κ2) is 11.0. The topological polar surface area (TPSA) is 12.5 Å². The summed E-state index contributed by atoms with van der Waals surface area (Å²) in [7, 11) is 0. The van der Waals surface area contributed by atoms with Gasteiger partial charge in [-0.1, -0.05) is 41.0 Å². The fourth-order valence-corrected chi connectivity index (χ4v) is 2.17. The molecule has 0 saturated carbocycles. The summed E-state index contributed by atoms with van der Waals surface area (Å²) in [4.78, 5) is 2.57. The molecular formula is C15H33NO. The first kappa shape index (κ1) is 16.9. The molecule has 0 aromatic carbocycles. The molecule has 0 atom stereocenters. The van der Waals surface area contributed by atoms with Crippen LogP contribution in [0.3, 0.4) is 0 Å². The Morgan fingerprint density at radius 2 is 1.76 bits per heavy atom. The molecule has 0 bridgehead atoms. The molecule has 1 saturated heterocycles. The monoisotopic (exact) mass is 243 g/mol. The zero-order valence-electron chi connectivity index (χ0n) is 12.7. The van der Waals surface area contributed by atoms with E-state index in [9.17, 15) is 0 Å². The van der Waals surface area contributed by atoms with Gasteiger partial charge in [0.25, 0.3) is 0 Å². The van der Waals surface area contributed by atoms with Crippen LogP contribution in [0.5, 0.6) is 0 Å². The number of likely N-dealkylation sites (tertiary alicyclic amines) is 1. The van der Waals surface area contributed by atoms with Crippen molar-refractivity contribution in [3.8, 4) is 0 Å². The van der Waals surface area contributed by atoms with Crippen molar-refractivity contribution >= 4 is 0 Å². The quantitative estimate of drug-likeness (QED) is 0.655. The predicted octanol–water partition coefficient (Wildman–Crippen LogP) is 3.95. The Bertz CT molecular complexity index is 151. The lowest BCUT2D eigenvalue weighted by atomic mass is 10.1. The Morgan fingerprint density at radius 1 is 1.18 bits per heavy atom. The zero-order valence-corrected chi connectivity index (χ0v) is 12.7. The van der Waals surface area contributed by atoms with E-state index in [0.29, 0.717) is 6.10 Å². The lowest BCUT2D eigenvalue weighted by molar-refractivity contribution is 0.00437. The van der Waals surface area contributed by atoms with E-state index in [1.807, 2.05) is 13.8 Å². The van der Waals surface area contributed by atoms with Crippen LogP contribution < -0.4 is 0 Å². The number of hydrogen-bond acceptors (Lipinski definition) is 2. The van der Waals surface area contributed by atoms with Crippen molar-refractivity contribution in [2.24, 2.45) is 5.92 Å². The summed E-state index contributed by atoms with van der Waals surface area (Å²) in [6.45, 7) is 15.5. The number of nitrogens with zero attached hydrogens (tertiary/aromatic N) is 1. The second-order valence-corrected chi connectivity index (χ2v) is 5.12. The van der Waals surface area contributed by atoms with Crippen molar-refractivity contribution in [1.29, 1.82) is 0 Å². The smallest absolute Gasteiger partial charge is 0.0599 e. The first-order chi connectivity index (χ1) is 8.22. The summed E-state index contributed by atoms with van der Waals surface area (Å²) >= 11 is 0. The van der Waals surface area contributed by atoms with Crippen molar-refractivity contribution in [1.82, 2.24) is 4.90 Å². The first-order valence-corrected chi connectivity index (χ1v) is 7.56. The van der Waals surface area contributed by atoms with Gasteiger partial charge in [0.1, 0.15) is 0 Å². The third-order valence-electron chi connectivity index (χ3n) is 3.01. The van der Waals surface area contributed by atoms with Gasteiger partial charge in [-0.15, -0.1) is 0 Å². The molecule has 2 heteroatoms. The molecule has 0 aromatic rings. The highest BCUT2D eigenvalue weighted by molar-refractivity contribution is 4.73. The Kier molecular flexibility index (Phi) is 11.0. The van der Waals surface area contributed by atoms with Crippen LogP contribution in [0.1, 0.15) is 60.3 Å². The molecule has 0 aromatic heterocycles. The fraction of sp³-hybridized carbons (Fsp3) is 1.00. The highest BCUT2D eigenvalue weighted by Crippen LogP contribution is 2.15. The number of piperidine rings is 1. The molecular weight excluding hydrogens is 210 g/mol. The molecule has 2 nitrogen and oxygen atoms in total. The van der Waals surface area contributed by atoms with Gasteiger partial charge in [-0.3, -0.25) is 0 Å². The molecule has 1 aliphatic rings. The lowest BCUT2D eigenvalue weighted by Gasteiger charge is -2.32. The maximum atomic E-state index is 5.85. The highest BCUT2D eigenvalue weighted by atomic mass is 16.5. The van der Waals surface area contributed by atoms with Crippen molar-refractivity contribution in [2.45, 2.75) is 66.4 Å². The minimum absolute atomic E-state index is 0.542. The van der Waals surface area contributed by atoms with Gasteiger partial charge in [-0.05, 0) is 25.2 Å². The number of ether oxygens (including phenoxy) is 1. The molecule has 0 unspecified atom stereocenters. The molecule has 1 fully saturated rings. The maximum Gasteiger partial charge on any atom is 0.0599 e. The molecule has 17 heavy (non-hydrogen) atoms. The van der Waals surface area contributed by atoms with Crippen LogP contribution in [0.25, 0.3) is 0 Å². The SMILES string of the molecule is CC.CCCCOC1CCN(CC(C)C)CC1. The van der Waals surface area contributed by atoms with Gasteiger partial charge >= 0.3 is 0 Å². The minimum Gasteiger partial charge on any atom is -0.378 e. The summed E-state index contributed by atoms with van der Waals surface area (Å²) in [5, 5.41) is 0. The predicted molar refractivity (Wildman–Crippen MR) is 76.5 cm³/mol. The first-order valence-electron chi connectivity index (χ1n) is 7.56. The van der Waals surface area contributed by atoms with E-state index in [4.69, 9.17) is 4.74 Å². The van der Waals surface area contributed by atoms with E-state index < -0.39 is 0 Å². The van der Waals surface area contributed by atoms with Crippen LogP contribution in [-0.4, -0.2) is 37.2 Å². The molecule has 0 amide bonds. The van der Waals surface area contributed by atoms with E-state index >= 15 is 0 Å². The number of hydrogen-bond donors (Lipinski definition) is 0. The molecule has 0 aliphatic carbocycles. The standard InChI is InChI=1S/C13H27NO.C2H6/c1-4-5-10-15-13-6-8-14(9-7-13)11-12(2)3;1-2/h12-13H,4-11H2,1-3H3;1-2H3. The Labute approximate surface area is 109 Å². The molecule has 0 radical (unpaired) electrons. The average molecular weight is 243 g/mol. The summed E-state index contributed by atoms with van der Waals surface area (Å²) in [5.41, 5.74) is 0. The number of unbranched alkanes of at least 4 members (excludes halogenated alkanes) is 1. The van der Waals surface area contributed by atoms with Crippen LogP contribution in [-0.2, 0) is 4.74 Å². The van der Waals surface area contributed by atoms with Gasteiger partial charge in [0.05, 0.1) is 6.10 Å². The molecule has 1 rings (SSSR count).